The van der Waals surface area contributed by atoms with Crippen molar-refractivity contribution in [2.75, 3.05) is 0 Å². The number of esters is 1. The number of hydrogen-bond donors (Lipinski definition) is 0. The predicted molar refractivity (Wildman–Crippen MR) is 125 cm³/mol. The first-order chi connectivity index (χ1) is 14.8. The average molecular weight is 434 g/mol. The van der Waals surface area contributed by atoms with Gasteiger partial charge in [0.25, 0.3) is 0 Å². The van der Waals surface area contributed by atoms with Crippen molar-refractivity contribution in [2.24, 2.45) is 0 Å². The number of rotatable bonds is 8. The second kappa shape index (κ2) is 9.89. The van der Waals surface area contributed by atoms with Gasteiger partial charge in [0, 0.05) is 17.0 Å². The van der Waals surface area contributed by atoms with E-state index in [1.54, 1.807) is 13.8 Å². The van der Waals surface area contributed by atoms with Crippen LogP contribution in [0.15, 0.2) is 84.9 Å². The molecule has 31 heavy (non-hydrogen) atoms. The first-order valence-electron chi connectivity index (χ1n) is 10.3. The smallest absolute Gasteiger partial charge is 0.374 e. The third kappa shape index (κ3) is 5.21. The van der Waals surface area contributed by atoms with Crippen molar-refractivity contribution in [1.29, 1.82) is 0 Å². The number of ketones is 1. The number of benzene rings is 3. The fourth-order valence-corrected chi connectivity index (χ4v) is 6.85. The summed E-state index contributed by atoms with van der Waals surface area (Å²) in [5.74, 6) is -1.56. The molecule has 0 radical (unpaired) electrons. The molecule has 0 N–H and O–H groups in total. The van der Waals surface area contributed by atoms with Gasteiger partial charge in [0.1, 0.15) is 0 Å². The van der Waals surface area contributed by atoms with Crippen LogP contribution in [0.4, 0.5) is 0 Å². The largest absolute Gasteiger partial charge is 0.457 e. The Hall–Kier alpha value is -2.97. The molecule has 3 rings (SSSR count). The summed E-state index contributed by atoms with van der Waals surface area (Å²) < 4.78 is 20.0. The second-order valence-electron chi connectivity index (χ2n) is 7.84. The van der Waals surface area contributed by atoms with E-state index < -0.39 is 30.7 Å². The summed E-state index contributed by atoms with van der Waals surface area (Å²) in [5, 5.41) is 1.30. The van der Waals surface area contributed by atoms with E-state index in [1.165, 1.54) is 0 Å². The Labute approximate surface area is 183 Å². The van der Waals surface area contributed by atoms with Crippen molar-refractivity contribution >= 4 is 29.5 Å². The van der Waals surface area contributed by atoms with Crippen molar-refractivity contribution in [2.45, 2.75) is 39.0 Å². The second-order valence-corrected chi connectivity index (χ2v) is 10.8. The van der Waals surface area contributed by atoms with E-state index in [0.29, 0.717) is 10.6 Å². The quantitative estimate of drug-likeness (QED) is 0.286. The molecule has 0 saturated carbocycles. The van der Waals surface area contributed by atoms with Crippen LogP contribution in [0.1, 0.15) is 37.1 Å². The summed E-state index contributed by atoms with van der Waals surface area (Å²) in [6.45, 7) is 5.36. The molecule has 160 valence electrons. The molecular formula is C26H27O4P. The Morgan fingerprint density at radius 2 is 1.29 bits per heavy atom. The molecular weight excluding hydrogens is 407 g/mol. The van der Waals surface area contributed by atoms with Crippen LogP contribution in [-0.2, 0) is 18.9 Å². The Kier molecular flexibility index (Phi) is 7.25. The van der Waals surface area contributed by atoms with E-state index in [2.05, 4.69) is 0 Å². The minimum Gasteiger partial charge on any atom is -0.457 e. The molecule has 3 aromatic carbocycles. The molecule has 5 heteroatoms. The van der Waals surface area contributed by atoms with Gasteiger partial charge in [-0.3, -0.25) is 4.79 Å². The molecule has 0 heterocycles. The SMILES string of the molecule is Cc1ccc(C(CC(=O)C(=O)OC(C)C)P(=O)(c2ccccc2)c2ccccc2)cc1. The van der Waals surface area contributed by atoms with Gasteiger partial charge in [-0.15, -0.1) is 0 Å². The normalized spacial score (nSPS) is 12.4. The van der Waals surface area contributed by atoms with E-state index in [0.717, 1.165) is 11.1 Å². The van der Waals surface area contributed by atoms with Crippen LogP contribution in [0, 0.1) is 6.92 Å². The lowest BCUT2D eigenvalue weighted by Crippen LogP contribution is -2.27. The van der Waals surface area contributed by atoms with Gasteiger partial charge in [0.05, 0.1) is 11.8 Å². The first-order valence-corrected chi connectivity index (χ1v) is 12.1. The molecule has 0 aliphatic rings. The van der Waals surface area contributed by atoms with Gasteiger partial charge in [-0.05, 0) is 26.3 Å². The van der Waals surface area contributed by atoms with Crippen molar-refractivity contribution < 1.29 is 18.9 Å². The van der Waals surface area contributed by atoms with Gasteiger partial charge in [0.15, 0.2) is 7.14 Å². The van der Waals surface area contributed by atoms with Crippen LogP contribution in [0.5, 0.6) is 0 Å². The summed E-state index contributed by atoms with van der Waals surface area (Å²) in [7, 11) is -3.33. The molecule has 4 nitrogen and oxygen atoms in total. The number of carbonyl (C=O) groups is 2. The Balaban J connectivity index is 2.16. The fourth-order valence-electron chi connectivity index (χ4n) is 3.59. The van der Waals surface area contributed by atoms with Gasteiger partial charge >= 0.3 is 5.97 Å². The van der Waals surface area contributed by atoms with E-state index >= 15 is 0 Å². The monoisotopic (exact) mass is 434 g/mol. The topological polar surface area (TPSA) is 60.4 Å². The number of Topliss-reactive ketones (excluding diaryl/α,β-unsaturated/α-hetero) is 1. The third-order valence-corrected chi connectivity index (χ3v) is 8.62. The third-order valence-electron chi connectivity index (χ3n) is 5.13. The maximum atomic E-state index is 14.9. The van der Waals surface area contributed by atoms with E-state index in [4.69, 9.17) is 4.74 Å². The lowest BCUT2D eigenvalue weighted by Gasteiger charge is -2.29. The molecule has 0 amide bonds. The molecule has 0 aliphatic carbocycles. The number of hydrogen-bond acceptors (Lipinski definition) is 4. The lowest BCUT2D eigenvalue weighted by atomic mass is 10.1. The first kappa shape index (κ1) is 22.7. The van der Waals surface area contributed by atoms with Gasteiger partial charge in [-0.2, -0.15) is 0 Å². The zero-order chi connectivity index (χ0) is 22.4. The zero-order valence-electron chi connectivity index (χ0n) is 18.0. The van der Waals surface area contributed by atoms with Crippen LogP contribution < -0.4 is 10.6 Å². The fraction of sp³-hybridized carbons (Fsp3) is 0.231. The van der Waals surface area contributed by atoms with E-state index in [-0.39, 0.29) is 6.42 Å². The molecule has 1 atom stereocenters. The highest BCUT2D eigenvalue weighted by atomic mass is 31.2. The van der Waals surface area contributed by atoms with Gasteiger partial charge in [-0.1, -0.05) is 90.5 Å². The summed E-state index contributed by atoms with van der Waals surface area (Å²) in [6, 6.07) is 26.0. The number of aryl methyl sites for hydroxylation is 1. The standard InChI is InChI=1S/C26H27O4P/c1-19(2)30-26(28)24(27)18-25(21-16-14-20(3)15-17-21)31(29,22-10-6-4-7-11-22)23-12-8-5-9-13-23/h4-17,19,25H,18H2,1-3H3. The molecule has 0 bridgehead atoms. The van der Waals surface area contributed by atoms with Crippen molar-refractivity contribution in [1.82, 2.24) is 0 Å². The van der Waals surface area contributed by atoms with Crippen LogP contribution in [0.25, 0.3) is 0 Å². The van der Waals surface area contributed by atoms with Gasteiger partial charge in [-0.25, -0.2) is 4.79 Å². The van der Waals surface area contributed by atoms with E-state index in [9.17, 15) is 14.2 Å². The van der Waals surface area contributed by atoms with Crippen molar-refractivity contribution in [3.63, 3.8) is 0 Å². The number of carbonyl (C=O) groups excluding carboxylic acids is 2. The highest BCUT2D eigenvalue weighted by molar-refractivity contribution is 7.79. The summed E-state index contributed by atoms with van der Waals surface area (Å²) in [4.78, 5) is 25.2. The van der Waals surface area contributed by atoms with Crippen LogP contribution in [0.3, 0.4) is 0 Å². The minimum absolute atomic E-state index is 0.199. The summed E-state index contributed by atoms with van der Waals surface area (Å²) in [6.07, 6.45) is -0.598. The molecule has 0 aromatic heterocycles. The van der Waals surface area contributed by atoms with Crippen LogP contribution >= 0.6 is 7.14 Å². The van der Waals surface area contributed by atoms with Crippen molar-refractivity contribution in [3.8, 4) is 0 Å². The van der Waals surface area contributed by atoms with Gasteiger partial charge < -0.3 is 9.30 Å². The molecule has 1 unspecified atom stereocenters. The van der Waals surface area contributed by atoms with Crippen LogP contribution in [0.2, 0.25) is 0 Å². The lowest BCUT2D eigenvalue weighted by molar-refractivity contribution is -0.156. The highest BCUT2D eigenvalue weighted by Crippen LogP contribution is 2.58. The molecule has 0 saturated heterocycles. The minimum atomic E-state index is -3.33. The Morgan fingerprint density at radius 1 is 0.806 bits per heavy atom. The molecule has 3 aromatic rings. The zero-order valence-corrected chi connectivity index (χ0v) is 18.9. The molecule has 0 spiro atoms. The Bertz CT molecular complexity index is 1030. The maximum Gasteiger partial charge on any atom is 0.374 e. The Morgan fingerprint density at radius 3 is 1.74 bits per heavy atom. The van der Waals surface area contributed by atoms with Crippen LogP contribution in [-0.4, -0.2) is 17.9 Å². The summed E-state index contributed by atoms with van der Waals surface area (Å²) >= 11 is 0. The van der Waals surface area contributed by atoms with Gasteiger partial charge in [0.2, 0.25) is 5.78 Å². The highest BCUT2D eigenvalue weighted by Gasteiger charge is 2.40. The molecule has 0 aliphatic heterocycles. The number of ether oxygens (including phenoxy) is 1. The predicted octanol–water partition coefficient (Wildman–Crippen LogP) is 4.96. The average Bonchev–Trinajstić information content (AvgIpc) is 2.78. The maximum absolute atomic E-state index is 14.9. The summed E-state index contributed by atoms with van der Waals surface area (Å²) in [5.41, 5.74) is 1.12. The van der Waals surface area contributed by atoms with Crippen molar-refractivity contribution in [3.05, 3.63) is 96.1 Å². The van der Waals surface area contributed by atoms with E-state index in [1.807, 2.05) is 91.9 Å². The molecule has 0 fully saturated rings.